The largest absolute Gasteiger partial charge is 0.476 e. The predicted octanol–water partition coefficient (Wildman–Crippen LogP) is 0.976. The summed E-state index contributed by atoms with van der Waals surface area (Å²) in [6.07, 6.45) is -1.49. The third kappa shape index (κ3) is 2.44. The number of nitrogens with zero attached hydrogens (tertiary/aromatic N) is 1. The molecule has 0 bridgehead atoms. The third-order valence-electron chi connectivity index (χ3n) is 4.03. The van der Waals surface area contributed by atoms with Crippen LogP contribution in [0, 0.1) is 0 Å². The van der Waals surface area contributed by atoms with Gasteiger partial charge in [-0.3, -0.25) is 9.59 Å². The van der Waals surface area contributed by atoms with Crippen molar-refractivity contribution in [2.75, 3.05) is 5.75 Å². The number of sulfone groups is 1. The molecule has 9 heteroatoms. The summed E-state index contributed by atoms with van der Waals surface area (Å²) in [6.45, 7) is 0. The Morgan fingerprint density at radius 3 is 2.23 bits per heavy atom. The Morgan fingerprint density at radius 1 is 1.00 bits per heavy atom. The molecule has 0 radical (unpaired) electrons. The first-order chi connectivity index (χ1) is 12.4. The second-order valence-electron chi connectivity index (χ2n) is 5.70. The number of carbonyl (C=O) groups excluding carboxylic acids is 3. The van der Waals surface area contributed by atoms with Crippen molar-refractivity contribution >= 4 is 27.6 Å². The van der Waals surface area contributed by atoms with Gasteiger partial charge in [-0.2, -0.15) is 0 Å². The Kier molecular flexibility index (Phi) is 3.55. The van der Waals surface area contributed by atoms with Gasteiger partial charge in [-0.25, -0.2) is 13.2 Å². The van der Waals surface area contributed by atoms with Gasteiger partial charge in [0.05, 0.1) is 11.1 Å². The fourth-order valence-corrected chi connectivity index (χ4v) is 4.29. The highest BCUT2D eigenvalue weighted by atomic mass is 32.2. The van der Waals surface area contributed by atoms with Crippen LogP contribution in [0.5, 0.6) is 5.75 Å². The van der Waals surface area contributed by atoms with Crippen LogP contribution in [0.2, 0.25) is 0 Å². The van der Waals surface area contributed by atoms with Crippen LogP contribution in [0.1, 0.15) is 20.7 Å². The average Bonchev–Trinajstić information content (AvgIpc) is 2.86. The van der Waals surface area contributed by atoms with Crippen LogP contribution in [0.25, 0.3) is 0 Å². The first-order valence-corrected chi connectivity index (χ1v) is 9.22. The molecule has 0 saturated carbocycles. The summed E-state index contributed by atoms with van der Waals surface area (Å²) < 4.78 is 30.0. The number of para-hydroxylation sites is 1. The SMILES string of the molecule is O=C(ON1C(=O)c2ccccc2C1=O)C1CS(=O)(=O)c2ccccc2O1. The summed E-state index contributed by atoms with van der Waals surface area (Å²) >= 11 is 0. The number of rotatable bonds is 2. The Balaban J connectivity index is 1.57. The number of ether oxygens (including phenoxy) is 1. The van der Waals surface area contributed by atoms with Gasteiger partial charge in [0.15, 0.2) is 9.84 Å². The molecular formula is C17H11NO7S. The number of benzene rings is 2. The van der Waals surface area contributed by atoms with E-state index in [4.69, 9.17) is 9.57 Å². The van der Waals surface area contributed by atoms with Gasteiger partial charge in [-0.1, -0.05) is 29.3 Å². The smallest absolute Gasteiger partial charge is 0.374 e. The highest BCUT2D eigenvalue weighted by Crippen LogP contribution is 2.31. The van der Waals surface area contributed by atoms with Gasteiger partial charge < -0.3 is 9.57 Å². The molecule has 1 unspecified atom stereocenters. The predicted molar refractivity (Wildman–Crippen MR) is 85.9 cm³/mol. The fraction of sp³-hybridized carbons (Fsp3) is 0.118. The van der Waals surface area contributed by atoms with E-state index in [1.165, 1.54) is 30.3 Å². The molecule has 4 rings (SSSR count). The van der Waals surface area contributed by atoms with E-state index in [0.29, 0.717) is 5.06 Å². The number of fused-ring (bicyclic) bond motifs is 2. The molecule has 0 aliphatic carbocycles. The normalized spacial score (nSPS) is 20.2. The standard InChI is InChI=1S/C17H11NO7S/c19-15-10-5-1-2-6-11(10)16(20)18(15)25-17(21)13-9-26(22,23)14-8-4-3-7-12(14)24-13/h1-8,13H,9H2. The Bertz CT molecular complexity index is 1030. The van der Waals surface area contributed by atoms with Crippen molar-refractivity contribution in [3.63, 3.8) is 0 Å². The van der Waals surface area contributed by atoms with Gasteiger partial charge in [-0.15, -0.1) is 0 Å². The summed E-state index contributed by atoms with van der Waals surface area (Å²) in [5.74, 6) is -3.36. The maximum absolute atomic E-state index is 12.3. The van der Waals surface area contributed by atoms with Crippen molar-refractivity contribution in [3.05, 3.63) is 59.7 Å². The zero-order valence-electron chi connectivity index (χ0n) is 13.1. The Labute approximate surface area is 147 Å². The topological polar surface area (TPSA) is 107 Å². The molecular weight excluding hydrogens is 362 g/mol. The van der Waals surface area contributed by atoms with E-state index in [9.17, 15) is 22.8 Å². The second-order valence-corrected chi connectivity index (χ2v) is 7.70. The molecule has 8 nitrogen and oxygen atoms in total. The van der Waals surface area contributed by atoms with E-state index in [-0.39, 0.29) is 21.8 Å². The molecule has 2 heterocycles. The summed E-state index contributed by atoms with van der Waals surface area (Å²) in [6, 6.07) is 11.9. The fourth-order valence-electron chi connectivity index (χ4n) is 2.80. The highest BCUT2D eigenvalue weighted by Gasteiger charge is 2.43. The van der Waals surface area contributed by atoms with E-state index in [1.54, 1.807) is 18.2 Å². The zero-order valence-corrected chi connectivity index (χ0v) is 13.9. The van der Waals surface area contributed by atoms with E-state index >= 15 is 0 Å². The maximum Gasteiger partial charge on any atom is 0.374 e. The van der Waals surface area contributed by atoms with Crippen LogP contribution in [0.4, 0.5) is 0 Å². The number of hydrogen-bond donors (Lipinski definition) is 0. The molecule has 0 spiro atoms. The molecule has 0 aromatic heterocycles. The number of carbonyl (C=O) groups is 3. The van der Waals surface area contributed by atoms with Crippen LogP contribution < -0.4 is 4.74 Å². The minimum Gasteiger partial charge on any atom is -0.476 e. The van der Waals surface area contributed by atoms with Crippen molar-refractivity contribution < 1.29 is 32.4 Å². The lowest BCUT2D eigenvalue weighted by atomic mass is 10.1. The van der Waals surface area contributed by atoms with E-state index in [0.717, 1.165) is 0 Å². The van der Waals surface area contributed by atoms with Crippen LogP contribution in [0.3, 0.4) is 0 Å². The van der Waals surface area contributed by atoms with Crippen molar-refractivity contribution in [2.24, 2.45) is 0 Å². The molecule has 2 amide bonds. The van der Waals surface area contributed by atoms with Gasteiger partial charge in [0.1, 0.15) is 16.4 Å². The van der Waals surface area contributed by atoms with Gasteiger partial charge in [-0.05, 0) is 24.3 Å². The second kappa shape index (κ2) is 5.67. The summed E-state index contributed by atoms with van der Waals surface area (Å²) in [7, 11) is -3.76. The van der Waals surface area contributed by atoms with Crippen LogP contribution in [0.15, 0.2) is 53.4 Å². The van der Waals surface area contributed by atoms with Crippen molar-refractivity contribution in [1.82, 2.24) is 5.06 Å². The number of amides is 2. The zero-order chi connectivity index (χ0) is 18.5. The molecule has 0 N–H and O–H groups in total. The molecule has 0 saturated heterocycles. The lowest BCUT2D eigenvalue weighted by Crippen LogP contribution is -2.44. The summed E-state index contributed by atoms with van der Waals surface area (Å²) in [5.41, 5.74) is 0.209. The molecule has 0 fully saturated rings. The van der Waals surface area contributed by atoms with Crippen LogP contribution in [-0.4, -0.2) is 43.1 Å². The number of imide groups is 1. The molecule has 2 aromatic rings. The minimum atomic E-state index is -3.76. The first-order valence-electron chi connectivity index (χ1n) is 7.56. The maximum atomic E-state index is 12.3. The van der Waals surface area contributed by atoms with Gasteiger partial charge in [0.25, 0.3) is 11.8 Å². The lowest BCUT2D eigenvalue weighted by Gasteiger charge is -2.25. The highest BCUT2D eigenvalue weighted by molar-refractivity contribution is 7.91. The summed E-state index contributed by atoms with van der Waals surface area (Å²) in [4.78, 5) is 41.6. The van der Waals surface area contributed by atoms with Gasteiger partial charge in [0.2, 0.25) is 6.10 Å². The Morgan fingerprint density at radius 2 is 1.58 bits per heavy atom. The molecule has 26 heavy (non-hydrogen) atoms. The molecule has 1 atom stereocenters. The number of hydroxylamine groups is 2. The van der Waals surface area contributed by atoms with Crippen molar-refractivity contribution in [1.29, 1.82) is 0 Å². The molecule has 2 aromatic carbocycles. The monoisotopic (exact) mass is 373 g/mol. The Hall–Kier alpha value is -3.20. The van der Waals surface area contributed by atoms with Gasteiger partial charge in [0, 0.05) is 0 Å². The average molecular weight is 373 g/mol. The van der Waals surface area contributed by atoms with E-state index in [2.05, 4.69) is 0 Å². The molecule has 2 aliphatic rings. The quantitative estimate of drug-likeness (QED) is 0.722. The van der Waals surface area contributed by atoms with E-state index in [1.807, 2.05) is 0 Å². The minimum absolute atomic E-state index is 0.0167. The van der Waals surface area contributed by atoms with Crippen LogP contribution >= 0.6 is 0 Å². The van der Waals surface area contributed by atoms with Gasteiger partial charge >= 0.3 is 5.97 Å². The van der Waals surface area contributed by atoms with E-state index < -0.39 is 39.5 Å². The molecule has 2 aliphatic heterocycles. The van der Waals surface area contributed by atoms with Crippen LogP contribution in [-0.2, 0) is 19.5 Å². The summed E-state index contributed by atoms with van der Waals surface area (Å²) in [5, 5.41) is 0.323. The van der Waals surface area contributed by atoms with Crippen molar-refractivity contribution in [3.8, 4) is 5.75 Å². The third-order valence-corrected chi connectivity index (χ3v) is 5.77. The number of hydrogen-bond acceptors (Lipinski definition) is 7. The lowest BCUT2D eigenvalue weighted by molar-refractivity contribution is -0.176. The molecule has 132 valence electrons. The first kappa shape index (κ1) is 16.3. The van der Waals surface area contributed by atoms with Crippen molar-refractivity contribution in [2.45, 2.75) is 11.0 Å².